The van der Waals surface area contributed by atoms with Crippen LogP contribution in [0.4, 0.5) is 4.79 Å². The molecule has 0 saturated heterocycles. The van der Waals surface area contributed by atoms with Crippen molar-refractivity contribution in [3.8, 4) is 0 Å². The fourth-order valence-electron chi connectivity index (χ4n) is 0.989. The number of primary amides is 1. The van der Waals surface area contributed by atoms with Crippen LogP contribution in [-0.2, 0) is 4.43 Å². The zero-order valence-corrected chi connectivity index (χ0v) is 10.7. The van der Waals surface area contributed by atoms with E-state index in [4.69, 9.17) is 10.2 Å². The van der Waals surface area contributed by atoms with Crippen molar-refractivity contribution in [1.82, 2.24) is 5.32 Å². The number of amides is 2. The number of unbranched alkanes of at least 4 members (excludes halogenated alkanes) is 1. The highest BCUT2D eigenvalue weighted by molar-refractivity contribution is 5.98. The van der Waals surface area contributed by atoms with Crippen molar-refractivity contribution in [2.24, 2.45) is 5.73 Å². The Morgan fingerprint density at radius 1 is 1.54 bits per heavy atom. The van der Waals surface area contributed by atoms with Gasteiger partial charge in [0.25, 0.3) is 0 Å². The van der Waals surface area contributed by atoms with E-state index in [0.717, 1.165) is 29.7 Å². The lowest BCUT2D eigenvalue weighted by atomic mass is 10.0. The molecule has 4 nitrogen and oxygen atoms in total. The maximum Gasteiger partial charge on any atom is 0.312 e. The first-order chi connectivity index (χ1) is 5.98. The SMILES string of the molecule is CC(C)(CCCCNC(N)=O)O[SiH3]. The molecule has 0 aromatic carbocycles. The molecule has 0 atom stereocenters. The Morgan fingerprint density at radius 3 is 2.62 bits per heavy atom. The Hall–Kier alpha value is -0.553. The van der Waals surface area contributed by atoms with Gasteiger partial charge in [0, 0.05) is 12.1 Å². The number of nitrogens with two attached hydrogens (primary N) is 1. The zero-order valence-electron chi connectivity index (χ0n) is 8.72. The van der Waals surface area contributed by atoms with Crippen LogP contribution in [0.2, 0.25) is 0 Å². The maximum atomic E-state index is 10.3. The van der Waals surface area contributed by atoms with E-state index in [-0.39, 0.29) is 5.60 Å². The molecule has 0 aromatic rings. The number of hydrogen-bond acceptors (Lipinski definition) is 2. The monoisotopic (exact) mass is 204 g/mol. The number of hydrogen-bond donors (Lipinski definition) is 2. The Morgan fingerprint density at radius 2 is 2.15 bits per heavy atom. The summed E-state index contributed by atoms with van der Waals surface area (Å²) in [5.41, 5.74) is 4.92. The highest BCUT2D eigenvalue weighted by Gasteiger charge is 2.13. The van der Waals surface area contributed by atoms with E-state index in [2.05, 4.69) is 19.2 Å². The van der Waals surface area contributed by atoms with Crippen molar-refractivity contribution in [3.63, 3.8) is 0 Å². The predicted molar refractivity (Wildman–Crippen MR) is 56.5 cm³/mol. The molecule has 5 heteroatoms. The van der Waals surface area contributed by atoms with Gasteiger partial charge in [-0.3, -0.25) is 0 Å². The molecule has 78 valence electrons. The fraction of sp³-hybridized carbons (Fsp3) is 0.875. The molecule has 0 saturated carbocycles. The molecule has 3 N–H and O–H groups in total. The quantitative estimate of drug-likeness (QED) is 0.469. The third-order valence-electron chi connectivity index (χ3n) is 2.06. The van der Waals surface area contributed by atoms with Crippen LogP contribution in [0.1, 0.15) is 33.1 Å². The van der Waals surface area contributed by atoms with Crippen LogP contribution in [0, 0.1) is 0 Å². The van der Waals surface area contributed by atoms with E-state index < -0.39 is 6.03 Å². The Labute approximate surface area is 82.8 Å². The van der Waals surface area contributed by atoms with Crippen molar-refractivity contribution in [3.05, 3.63) is 0 Å². The van der Waals surface area contributed by atoms with E-state index in [1.165, 1.54) is 0 Å². The lowest BCUT2D eigenvalue weighted by Gasteiger charge is -2.23. The van der Waals surface area contributed by atoms with Gasteiger partial charge in [-0.15, -0.1) is 0 Å². The average molecular weight is 204 g/mol. The number of carbonyl (C=O) groups excluding carboxylic acids is 1. The predicted octanol–water partition coefficient (Wildman–Crippen LogP) is -0.0994. The van der Waals surface area contributed by atoms with Crippen LogP contribution in [0.5, 0.6) is 0 Å². The molecule has 0 spiro atoms. The van der Waals surface area contributed by atoms with E-state index in [1.807, 2.05) is 0 Å². The van der Waals surface area contributed by atoms with Crippen LogP contribution in [-0.4, -0.2) is 28.7 Å². The largest absolute Gasteiger partial charge is 0.423 e. The van der Waals surface area contributed by atoms with Crippen LogP contribution in [0.25, 0.3) is 0 Å². The summed E-state index contributed by atoms with van der Waals surface area (Å²) in [6, 6.07) is -0.446. The fourth-order valence-corrected chi connectivity index (χ4v) is 1.19. The topological polar surface area (TPSA) is 64.3 Å². The normalized spacial score (nSPS) is 11.5. The average Bonchev–Trinajstić information content (AvgIpc) is 2.03. The molecule has 0 rings (SSSR count). The number of rotatable bonds is 6. The Balaban J connectivity index is 3.30. The van der Waals surface area contributed by atoms with Crippen molar-refractivity contribution in [2.45, 2.75) is 38.7 Å². The molecule has 0 radical (unpaired) electrons. The molecule has 0 fully saturated rings. The maximum absolute atomic E-state index is 10.3. The summed E-state index contributed by atoms with van der Waals surface area (Å²) >= 11 is 0. The highest BCUT2D eigenvalue weighted by atomic mass is 28.2. The highest BCUT2D eigenvalue weighted by Crippen LogP contribution is 2.15. The summed E-state index contributed by atoms with van der Waals surface area (Å²) in [5.74, 6) is 0. The Bertz CT molecular complexity index is 162. The molecule has 0 aliphatic heterocycles. The molecule has 0 bridgehead atoms. The molecule has 13 heavy (non-hydrogen) atoms. The van der Waals surface area contributed by atoms with E-state index in [9.17, 15) is 4.79 Å². The molecule has 0 aliphatic carbocycles. The van der Waals surface area contributed by atoms with Gasteiger partial charge in [0.1, 0.15) is 10.5 Å². The Kier molecular flexibility index (Phi) is 5.73. The van der Waals surface area contributed by atoms with Crippen molar-refractivity contribution >= 4 is 16.5 Å². The van der Waals surface area contributed by atoms with E-state index in [0.29, 0.717) is 6.54 Å². The number of nitrogens with one attached hydrogen (secondary N) is 1. The molecular formula is C8H20N2O2Si. The minimum absolute atomic E-state index is 0.00105. The van der Waals surface area contributed by atoms with Gasteiger partial charge in [0.2, 0.25) is 0 Å². The first-order valence-electron chi connectivity index (χ1n) is 4.56. The summed E-state index contributed by atoms with van der Waals surface area (Å²) in [5, 5.41) is 2.56. The van der Waals surface area contributed by atoms with Gasteiger partial charge in [0.15, 0.2) is 0 Å². The molecule has 0 aliphatic rings. The van der Waals surface area contributed by atoms with Crippen LogP contribution < -0.4 is 11.1 Å². The summed E-state index contributed by atoms with van der Waals surface area (Å²) in [6.07, 6.45) is 3.03. The lowest BCUT2D eigenvalue weighted by molar-refractivity contribution is 0.109. The first-order valence-corrected chi connectivity index (χ1v) is 5.38. The van der Waals surface area contributed by atoms with E-state index in [1.54, 1.807) is 0 Å². The zero-order chi connectivity index (χ0) is 10.3. The van der Waals surface area contributed by atoms with Crippen LogP contribution >= 0.6 is 0 Å². The summed E-state index contributed by atoms with van der Waals surface area (Å²) in [4.78, 5) is 10.3. The van der Waals surface area contributed by atoms with Gasteiger partial charge in [-0.2, -0.15) is 0 Å². The van der Waals surface area contributed by atoms with Gasteiger partial charge in [0.05, 0.1) is 0 Å². The van der Waals surface area contributed by atoms with Crippen LogP contribution in [0.3, 0.4) is 0 Å². The summed E-state index contributed by atoms with van der Waals surface area (Å²) in [6.45, 7) is 4.83. The van der Waals surface area contributed by atoms with Gasteiger partial charge < -0.3 is 15.5 Å². The third-order valence-corrected chi connectivity index (χ3v) is 3.16. The second-order valence-electron chi connectivity index (χ2n) is 3.71. The molecule has 0 heterocycles. The molecule has 0 unspecified atom stereocenters. The first kappa shape index (κ1) is 12.4. The van der Waals surface area contributed by atoms with Gasteiger partial charge >= 0.3 is 6.03 Å². The number of urea groups is 1. The van der Waals surface area contributed by atoms with E-state index >= 15 is 0 Å². The van der Waals surface area contributed by atoms with Crippen molar-refractivity contribution in [1.29, 1.82) is 0 Å². The smallest absolute Gasteiger partial charge is 0.312 e. The summed E-state index contributed by atoms with van der Waals surface area (Å²) in [7, 11) is 0.774. The summed E-state index contributed by atoms with van der Waals surface area (Å²) < 4.78 is 5.39. The van der Waals surface area contributed by atoms with Gasteiger partial charge in [-0.25, -0.2) is 4.79 Å². The van der Waals surface area contributed by atoms with Gasteiger partial charge in [-0.05, 0) is 33.1 Å². The number of carbonyl (C=O) groups is 1. The minimum atomic E-state index is -0.446. The lowest BCUT2D eigenvalue weighted by Crippen LogP contribution is -2.30. The molecule has 0 aromatic heterocycles. The second kappa shape index (κ2) is 5.99. The standard InChI is InChI=1S/C8H20N2O2Si/c1-8(2,12-13)5-3-4-6-10-7(9)11/h3-6H2,1-2,13H3,(H3,9,10,11). The van der Waals surface area contributed by atoms with Gasteiger partial charge in [-0.1, -0.05) is 0 Å². The molecule has 2 amide bonds. The van der Waals surface area contributed by atoms with Crippen LogP contribution in [0.15, 0.2) is 0 Å². The third kappa shape index (κ3) is 7.80. The molecular weight excluding hydrogens is 184 g/mol. The second-order valence-corrected chi connectivity index (χ2v) is 4.12. The van der Waals surface area contributed by atoms with Crippen molar-refractivity contribution < 1.29 is 9.22 Å². The van der Waals surface area contributed by atoms with Crippen molar-refractivity contribution in [2.75, 3.05) is 6.54 Å². The minimum Gasteiger partial charge on any atom is -0.423 e.